The van der Waals surface area contributed by atoms with Crippen molar-refractivity contribution >= 4 is 23.6 Å². The van der Waals surface area contributed by atoms with E-state index in [1.807, 2.05) is 41.5 Å². The van der Waals surface area contributed by atoms with Gasteiger partial charge in [-0.3, -0.25) is 9.59 Å². The van der Waals surface area contributed by atoms with Gasteiger partial charge in [0.2, 0.25) is 11.8 Å². The number of rotatable bonds is 7. The van der Waals surface area contributed by atoms with Crippen LogP contribution in [-0.4, -0.2) is 53.9 Å². The van der Waals surface area contributed by atoms with Crippen LogP contribution in [0.5, 0.6) is 0 Å². The smallest absolute Gasteiger partial charge is 0.245 e. The first kappa shape index (κ1) is 20.8. The maximum absolute atomic E-state index is 13.0. The molecule has 1 aromatic carbocycles. The highest BCUT2D eigenvalue weighted by Gasteiger charge is 2.37. The highest BCUT2D eigenvalue weighted by atomic mass is 32.2. The van der Waals surface area contributed by atoms with Crippen LogP contribution in [0.15, 0.2) is 30.3 Å². The Morgan fingerprint density at radius 2 is 2.04 bits per heavy atom. The number of hydrogen-bond donors (Lipinski definition) is 2. The number of amides is 2. The van der Waals surface area contributed by atoms with Crippen molar-refractivity contribution in [3.05, 3.63) is 35.9 Å². The summed E-state index contributed by atoms with van der Waals surface area (Å²) < 4.78 is 0. The molecule has 1 heterocycles. The van der Waals surface area contributed by atoms with Crippen molar-refractivity contribution in [3.63, 3.8) is 0 Å². The third-order valence-corrected chi connectivity index (χ3v) is 5.72. The number of benzene rings is 1. The molecule has 2 atom stereocenters. The van der Waals surface area contributed by atoms with Gasteiger partial charge < -0.3 is 16.0 Å². The van der Waals surface area contributed by atoms with Crippen LogP contribution in [0.4, 0.5) is 0 Å². The molecule has 1 aromatic rings. The van der Waals surface area contributed by atoms with Gasteiger partial charge in [-0.1, -0.05) is 44.2 Å². The summed E-state index contributed by atoms with van der Waals surface area (Å²) >= 11 is 1.68. The molecule has 0 spiro atoms. The van der Waals surface area contributed by atoms with Crippen molar-refractivity contribution in [2.75, 3.05) is 25.1 Å². The van der Waals surface area contributed by atoms with Crippen LogP contribution in [0.2, 0.25) is 0 Å². The van der Waals surface area contributed by atoms with Gasteiger partial charge in [0.15, 0.2) is 0 Å². The Hall–Kier alpha value is -1.53. The van der Waals surface area contributed by atoms with E-state index < -0.39 is 6.04 Å². The molecule has 144 valence electrons. The van der Waals surface area contributed by atoms with Gasteiger partial charge >= 0.3 is 0 Å². The highest BCUT2D eigenvalue weighted by molar-refractivity contribution is 7.98. The topological polar surface area (TPSA) is 75.4 Å². The molecular formula is C20H31N3O2S. The average Bonchev–Trinajstić information content (AvgIpc) is 2.61. The Morgan fingerprint density at radius 3 is 2.65 bits per heavy atom. The molecule has 2 unspecified atom stereocenters. The number of carbonyl (C=O) groups excluding carboxylic acids is 2. The van der Waals surface area contributed by atoms with Gasteiger partial charge in [0.05, 0.1) is 6.42 Å². The van der Waals surface area contributed by atoms with Gasteiger partial charge in [-0.25, -0.2) is 0 Å². The first-order valence-corrected chi connectivity index (χ1v) is 10.6. The average molecular weight is 378 g/mol. The summed E-state index contributed by atoms with van der Waals surface area (Å²) in [5.74, 6) is 0.739. The zero-order valence-electron chi connectivity index (χ0n) is 16.0. The standard InChI is InChI=1S/C20H31N3O2S/c1-20(2)14-23(11-9-17(20)21)19(25)16(10-12-26-3)22-18(24)13-15-7-5-4-6-8-15/h4-8,16-17H,9-14,21H2,1-3H3,(H,22,24). The van der Waals surface area contributed by atoms with Crippen molar-refractivity contribution in [1.29, 1.82) is 0 Å². The third kappa shape index (κ3) is 5.74. The summed E-state index contributed by atoms with van der Waals surface area (Å²) in [5, 5.41) is 2.96. The Morgan fingerprint density at radius 1 is 1.35 bits per heavy atom. The molecule has 26 heavy (non-hydrogen) atoms. The Labute approximate surface area is 161 Å². The Balaban J connectivity index is 2.01. The molecule has 0 aromatic heterocycles. The fraction of sp³-hybridized carbons (Fsp3) is 0.600. The molecular weight excluding hydrogens is 346 g/mol. The lowest BCUT2D eigenvalue weighted by Gasteiger charge is -2.43. The third-order valence-electron chi connectivity index (χ3n) is 5.08. The molecule has 0 aliphatic carbocycles. The van der Waals surface area contributed by atoms with Crippen molar-refractivity contribution in [2.24, 2.45) is 11.1 Å². The molecule has 3 N–H and O–H groups in total. The lowest BCUT2D eigenvalue weighted by atomic mass is 9.79. The Bertz CT molecular complexity index is 606. The number of carbonyl (C=O) groups is 2. The van der Waals surface area contributed by atoms with Crippen LogP contribution in [0.1, 0.15) is 32.3 Å². The second-order valence-corrected chi connectivity index (χ2v) is 8.69. The van der Waals surface area contributed by atoms with Crippen LogP contribution >= 0.6 is 11.8 Å². The molecule has 2 rings (SSSR count). The summed E-state index contributed by atoms with van der Waals surface area (Å²) in [6, 6.07) is 9.23. The lowest BCUT2D eigenvalue weighted by Crippen LogP contribution is -2.58. The number of nitrogens with one attached hydrogen (secondary N) is 1. The van der Waals surface area contributed by atoms with Gasteiger partial charge in [-0.05, 0) is 35.8 Å². The molecule has 0 bridgehead atoms. The maximum Gasteiger partial charge on any atom is 0.245 e. The van der Waals surface area contributed by atoms with Crippen LogP contribution in [0.25, 0.3) is 0 Å². The summed E-state index contributed by atoms with van der Waals surface area (Å²) in [7, 11) is 0. The van der Waals surface area contributed by atoms with Crippen molar-refractivity contribution in [3.8, 4) is 0 Å². The Kier molecular flexibility index (Phi) is 7.53. The summed E-state index contributed by atoms with van der Waals surface area (Å²) in [5.41, 5.74) is 7.03. The summed E-state index contributed by atoms with van der Waals surface area (Å²) in [6.07, 6.45) is 3.74. The number of nitrogens with zero attached hydrogens (tertiary/aromatic N) is 1. The number of piperidine rings is 1. The first-order chi connectivity index (χ1) is 12.3. The molecule has 1 aliphatic rings. The molecule has 5 nitrogen and oxygen atoms in total. The van der Waals surface area contributed by atoms with Crippen molar-refractivity contribution in [1.82, 2.24) is 10.2 Å². The molecule has 0 saturated carbocycles. The van der Waals surface area contributed by atoms with E-state index in [0.717, 1.165) is 17.7 Å². The van der Waals surface area contributed by atoms with E-state index in [-0.39, 0.29) is 23.3 Å². The minimum absolute atomic E-state index is 0.0143. The SMILES string of the molecule is CSCCC(NC(=O)Cc1ccccc1)C(=O)N1CCC(N)C(C)(C)C1. The van der Waals surface area contributed by atoms with E-state index in [4.69, 9.17) is 5.73 Å². The monoisotopic (exact) mass is 377 g/mol. The first-order valence-electron chi connectivity index (χ1n) is 9.20. The fourth-order valence-electron chi connectivity index (χ4n) is 3.30. The second-order valence-electron chi connectivity index (χ2n) is 7.71. The van der Waals surface area contributed by atoms with E-state index in [2.05, 4.69) is 19.2 Å². The summed E-state index contributed by atoms with van der Waals surface area (Å²) in [6.45, 7) is 5.50. The number of likely N-dealkylation sites (tertiary alicyclic amines) is 1. The van der Waals surface area contributed by atoms with E-state index in [9.17, 15) is 9.59 Å². The van der Waals surface area contributed by atoms with Crippen LogP contribution in [0, 0.1) is 5.41 Å². The predicted octanol–water partition coefficient (Wildman–Crippen LogP) is 2.05. The zero-order valence-corrected chi connectivity index (χ0v) is 16.8. The minimum Gasteiger partial charge on any atom is -0.344 e. The van der Waals surface area contributed by atoms with Crippen molar-refractivity contribution in [2.45, 2.75) is 45.2 Å². The molecule has 1 aliphatic heterocycles. The van der Waals surface area contributed by atoms with E-state index >= 15 is 0 Å². The lowest BCUT2D eigenvalue weighted by molar-refractivity contribution is -0.139. The van der Waals surface area contributed by atoms with Gasteiger partial charge in [-0.15, -0.1) is 0 Å². The largest absolute Gasteiger partial charge is 0.344 e. The molecule has 6 heteroatoms. The van der Waals surface area contributed by atoms with Crippen LogP contribution < -0.4 is 11.1 Å². The molecule has 1 saturated heterocycles. The van der Waals surface area contributed by atoms with E-state index in [1.165, 1.54) is 0 Å². The van der Waals surface area contributed by atoms with Gasteiger partial charge in [0.25, 0.3) is 0 Å². The minimum atomic E-state index is -0.469. The maximum atomic E-state index is 13.0. The summed E-state index contributed by atoms with van der Waals surface area (Å²) in [4.78, 5) is 27.4. The molecule has 2 amide bonds. The highest BCUT2D eigenvalue weighted by Crippen LogP contribution is 2.28. The fourth-order valence-corrected chi connectivity index (χ4v) is 3.77. The van der Waals surface area contributed by atoms with Gasteiger partial charge in [-0.2, -0.15) is 11.8 Å². The number of nitrogens with two attached hydrogens (primary N) is 1. The molecule has 1 fully saturated rings. The van der Waals surface area contributed by atoms with E-state index in [1.54, 1.807) is 11.8 Å². The zero-order chi connectivity index (χ0) is 19.2. The van der Waals surface area contributed by atoms with Gasteiger partial charge in [0.1, 0.15) is 6.04 Å². The molecule has 0 radical (unpaired) electrons. The van der Waals surface area contributed by atoms with Crippen LogP contribution in [0.3, 0.4) is 0 Å². The normalized spacial score (nSPS) is 20.5. The van der Waals surface area contributed by atoms with E-state index in [0.29, 0.717) is 25.9 Å². The predicted molar refractivity (Wildman–Crippen MR) is 108 cm³/mol. The van der Waals surface area contributed by atoms with Crippen molar-refractivity contribution < 1.29 is 9.59 Å². The number of hydrogen-bond acceptors (Lipinski definition) is 4. The van der Waals surface area contributed by atoms with Gasteiger partial charge in [0, 0.05) is 19.1 Å². The quantitative estimate of drug-likeness (QED) is 0.763. The number of thioether (sulfide) groups is 1. The van der Waals surface area contributed by atoms with Crippen LogP contribution in [-0.2, 0) is 16.0 Å². The second kappa shape index (κ2) is 9.42.